The number of benzene rings is 1. The zero-order valence-corrected chi connectivity index (χ0v) is 12.3. The zero-order chi connectivity index (χ0) is 14.6. The highest BCUT2D eigenvalue weighted by atomic mass is 35.5. The van der Waals surface area contributed by atoms with Crippen LogP contribution in [0.5, 0.6) is 0 Å². The van der Waals surface area contributed by atoms with Crippen LogP contribution in [0.3, 0.4) is 0 Å². The number of carbonyl (C=O) groups is 1. The fourth-order valence-corrected chi connectivity index (χ4v) is 1.94. The van der Waals surface area contributed by atoms with Crippen LogP contribution in [0.2, 0.25) is 5.02 Å². The topological polar surface area (TPSA) is 75.3 Å². The van der Waals surface area contributed by atoms with E-state index >= 15 is 0 Å². The highest BCUT2D eigenvalue weighted by Gasteiger charge is 2.26. The lowest BCUT2D eigenvalue weighted by Gasteiger charge is -2.31. The Bertz CT molecular complexity index is 455. The Kier molecular flexibility index (Phi) is 5.20. The highest BCUT2D eigenvalue weighted by molar-refractivity contribution is 6.33. The van der Waals surface area contributed by atoms with Crippen LogP contribution in [0.1, 0.15) is 37.6 Å². The minimum Gasteiger partial charge on any atom is -0.398 e. The molecule has 0 aliphatic rings. The molecule has 0 aliphatic heterocycles. The van der Waals surface area contributed by atoms with Gasteiger partial charge >= 0.3 is 0 Å². The zero-order valence-electron chi connectivity index (χ0n) is 11.5. The fourth-order valence-electron chi connectivity index (χ4n) is 1.76. The summed E-state index contributed by atoms with van der Waals surface area (Å²) in [6.45, 7) is 6.08. The Labute approximate surface area is 118 Å². The standard InChI is InChI=1S/C14H21ClN2O2/c1-14(2,3)12(6-7-18)17-13(19)9-4-5-11(16)10(15)8-9/h4-5,8,12,18H,6-7,16H2,1-3H3,(H,17,19). The van der Waals surface area contributed by atoms with E-state index in [9.17, 15) is 4.79 Å². The minimum atomic E-state index is -0.213. The highest BCUT2D eigenvalue weighted by Crippen LogP contribution is 2.23. The number of rotatable bonds is 4. The number of aliphatic hydroxyl groups excluding tert-OH is 1. The van der Waals surface area contributed by atoms with E-state index in [1.165, 1.54) is 0 Å². The van der Waals surface area contributed by atoms with Crippen LogP contribution in [-0.2, 0) is 0 Å². The Morgan fingerprint density at radius 3 is 2.58 bits per heavy atom. The molecule has 0 aromatic heterocycles. The molecular weight excluding hydrogens is 264 g/mol. The molecule has 0 bridgehead atoms. The molecule has 4 nitrogen and oxygen atoms in total. The lowest BCUT2D eigenvalue weighted by molar-refractivity contribution is 0.0885. The maximum Gasteiger partial charge on any atom is 0.251 e. The molecule has 1 amide bonds. The first-order valence-electron chi connectivity index (χ1n) is 6.22. The van der Waals surface area contributed by atoms with Gasteiger partial charge in [0.1, 0.15) is 0 Å². The second-order valence-corrected chi connectivity index (χ2v) is 6.05. The number of hydrogen-bond donors (Lipinski definition) is 3. The van der Waals surface area contributed by atoms with Gasteiger partial charge in [-0.1, -0.05) is 32.4 Å². The Morgan fingerprint density at radius 1 is 1.47 bits per heavy atom. The van der Waals surface area contributed by atoms with E-state index in [2.05, 4.69) is 5.32 Å². The quantitative estimate of drug-likeness (QED) is 0.744. The van der Waals surface area contributed by atoms with Crippen molar-refractivity contribution in [1.29, 1.82) is 0 Å². The van der Waals surface area contributed by atoms with Gasteiger partial charge in [0, 0.05) is 18.2 Å². The van der Waals surface area contributed by atoms with Crippen molar-refractivity contribution < 1.29 is 9.90 Å². The van der Waals surface area contributed by atoms with Crippen molar-refractivity contribution in [1.82, 2.24) is 5.32 Å². The normalized spacial score (nSPS) is 13.1. The summed E-state index contributed by atoms with van der Waals surface area (Å²) in [5, 5.41) is 12.4. The van der Waals surface area contributed by atoms with Gasteiger partial charge in [0.2, 0.25) is 0 Å². The number of halogens is 1. The molecule has 1 aromatic rings. The van der Waals surface area contributed by atoms with Crippen LogP contribution in [0, 0.1) is 5.41 Å². The predicted octanol–water partition coefficient (Wildman–Crippen LogP) is 2.45. The number of carbonyl (C=O) groups excluding carboxylic acids is 1. The summed E-state index contributed by atoms with van der Waals surface area (Å²) in [4.78, 5) is 12.1. The smallest absolute Gasteiger partial charge is 0.251 e. The molecule has 0 aliphatic carbocycles. The van der Waals surface area contributed by atoms with E-state index in [0.29, 0.717) is 22.7 Å². The van der Waals surface area contributed by atoms with Crippen molar-refractivity contribution in [3.63, 3.8) is 0 Å². The average Bonchev–Trinajstić information content (AvgIpc) is 2.30. The van der Waals surface area contributed by atoms with Crippen molar-refractivity contribution in [3.8, 4) is 0 Å². The largest absolute Gasteiger partial charge is 0.398 e. The van der Waals surface area contributed by atoms with Gasteiger partial charge in [-0.05, 0) is 30.0 Å². The van der Waals surface area contributed by atoms with Crippen LogP contribution in [-0.4, -0.2) is 23.7 Å². The molecule has 0 heterocycles. The van der Waals surface area contributed by atoms with Gasteiger partial charge in [-0.15, -0.1) is 0 Å². The van der Waals surface area contributed by atoms with E-state index in [1.54, 1.807) is 18.2 Å². The molecule has 0 saturated heterocycles. The van der Waals surface area contributed by atoms with Crippen LogP contribution in [0.15, 0.2) is 18.2 Å². The lowest BCUT2D eigenvalue weighted by atomic mass is 9.85. The summed E-state index contributed by atoms with van der Waals surface area (Å²) in [5.41, 5.74) is 6.39. The van der Waals surface area contributed by atoms with Crippen LogP contribution in [0.25, 0.3) is 0 Å². The third-order valence-electron chi connectivity index (χ3n) is 3.03. The minimum absolute atomic E-state index is 0.0325. The van der Waals surface area contributed by atoms with E-state index in [1.807, 2.05) is 20.8 Å². The summed E-state index contributed by atoms with van der Waals surface area (Å²) in [7, 11) is 0. The van der Waals surface area contributed by atoms with E-state index in [-0.39, 0.29) is 24.0 Å². The van der Waals surface area contributed by atoms with Gasteiger partial charge in [-0.25, -0.2) is 0 Å². The predicted molar refractivity (Wildman–Crippen MR) is 78.3 cm³/mol. The third-order valence-corrected chi connectivity index (χ3v) is 3.36. The Morgan fingerprint density at radius 2 is 2.11 bits per heavy atom. The molecule has 5 heteroatoms. The van der Waals surface area contributed by atoms with E-state index in [4.69, 9.17) is 22.4 Å². The molecule has 19 heavy (non-hydrogen) atoms. The SMILES string of the molecule is CC(C)(C)C(CCO)NC(=O)c1ccc(N)c(Cl)c1. The summed E-state index contributed by atoms with van der Waals surface area (Å²) in [6, 6.07) is 4.68. The molecule has 106 valence electrons. The van der Waals surface area contributed by atoms with Crippen LogP contribution in [0.4, 0.5) is 5.69 Å². The molecular formula is C14H21ClN2O2. The van der Waals surface area contributed by atoms with Crippen molar-refractivity contribution in [3.05, 3.63) is 28.8 Å². The van der Waals surface area contributed by atoms with Crippen molar-refractivity contribution in [2.45, 2.75) is 33.2 Å². The molecule has 1 atom stereocenters. The monoisotopic (exact) mass is 284 g/mol. The second-order valence-electron chi connectivity index (χ2n) is 5.64. The lowest BCUT2D eigenvalue weighted by Crippen LogP contribution is -2.44. The maximum atomic E-state index is 12.1. The van der Waals surface area contributed by atoms with Gasteiger partial charge in [0.05, 0.1) is 10.7 Å². The first kappa shape index (κ1) is 15.8. The van der Waals surface area contributed by atoms with Gasteiger partial charge in [0.15, 0.2) is 0 Å². The number of hydrogen-bond acceptors (Lipinski definition) is 3. The van der Waals surface area contributed by atoms with Gasteiger partial charge < -0.3 is 16.2 Å². The molecule has 1 unspecified atom stereocenters. The third kappa shape index (κ3) is 4.40. The number of anilines is 1. The Balaban J connectivity index is 2.84. The molecule has 4 N–H and O–H groups in total. The van der Waals surface area contributed by atoms with E-state index < -0.39 is 0 Å². The maximum absolute atomic E-state index is 12.1. The average molecular weight is 285 g/mol. The Hall–Kier alpha value is -1.26. The molecule has 0 radical (unpaired) electrons. The second kappa shape index (κ2) is 6.26. The first-order valence-corrected chi connectivity index (χ1v) is 6.60. The number of nitrogen functional groups attached to an aromatic ring is 1. The number of amides is 1. The number of nitrogens with two attached hydrogens (primary N) is 1. The van der Waals surface area contributed by atoms with Gasteiger partial charge in [0.25, 0.3) is 5.91 Å². The summed E-state index contributed by atoms with van der Waals surface area (Å²) < 4.78 is 0. The fraction of sp³-hybridized carbons (Fsp3) is 0.500. The molecule has 0 fully saturated rings. The molecule has 1 rings (SSSR count). The molecule has 0 spiro atoms. The van der Waals surface area contributed by atoms with Crippen molar-refractivity contribution >= 4 is 23.2 Å². The number of aliphatic hydroxyl groups is 1. The van der Waals surface area contributed by atoms with E-state index in [0.717, 1.165) is 0 Å². The molecule has 1 aromatic carbocycles. The number of nitrogens with one attached hydrogen (secondary N) is 1. The van der Waals surface area contributed by atoms with Crippen molar-refractivity contribution in [2.24, 2.45) is 5.41 Å². The summed E-state index contributed by atoms with van der Waals surface area (Å²) >= 11 is 5.90. The van der Waals surface area contributed by atoms with Crippen molar-refractivity contribution in [2.75, 3.05) is 12.3 Å². The summed E-state index contributed by atoms with van der Waals surface area (Å²) in [5.74, 6) is -0.213. The van der Waals surface area contributed by atoms with Crippen LogP contribution >= 0.6 is 11.6 Å². The first-order chi connectivity index (χ1) is 8.75. The molecule has 0 saturated carbocycles. The summed E-state index contributed by atoms with van der Waals surface area (Å²) in [6.07, 6.45) is 0.512. The van der Waals surface area contributed by atoms with Gasteiger partial charge in [-0.3, -0.25) is 4.79 Å². The van der Waals surface area contributed by atoms with Crippen LogP contribution < -0.4 is 11.1 Å². The van der Waals surface area contributed by atoms with Gasteiger partial charge in [-0.2, -0.15) is 0 Å².